The van der Waals surface area contributed by atoms with Crippen LogP contribution in [0, 0.1) is 5.92 Å². The van der Waals surface area contributed by atoms with Crippen molar-refractivity contribution < 1.29 is 32.6 Å². The van der Waals surface area contributed by atoms with Gasteiger partial charge in [0.25, 0.3) is 15.9 Å². The summed E-state index contributed by atoms with van der Waals surface area (Å²) in [6.07, 6.45) is 1.53. The van der Waals surface area contributed by atoms with Crippen LogP contribution in [0.3, 0.4) is 0 Å². The number of hydrogen-bond donors (Lipinski definition) is 3. The molecule has 13 heteroatoms. The third-order valence-corrected chi connectivity index (χ3v) is 11.1. The number of ether oxygens (including phenoxy) is 2. The summed E-state index contributed by atoms with van der Waals surface area (Å²) in [5, 5.41) is 17.5. The molecule has 3 amide bonds. The summed E-state index contributed by atoms with van der Waals surface area (Å²) in [5.41, 5.74) is 1.25. The summed E-state index contributed by atoms with van der Waals surface area (Å²) in [5.74, 6) is -0.317. The minimum absolute atomic E-state index is 0.0949. The molecule has 3 N–H and O–H groups in total. The first-order valence-corrected chi connectivity index (χ1v) is 17.8. The number of aliphatic hydroxyl groups is 1. The summed E-state index contributed by atoms with van der Waals surface area (Å²) in [7, 11) is -2.18. The number of hydrogen-bond acceptors (Lipinski definition) is 8. The standard InChI is InChI=1S/C33H44N4O7S2/c1-23-20-37(24(2)22-38)32(39)28-19-27(35-33(40)34-26-12-6-5-7-13-26)15-16-29(28)44-25(3)11-8-9-17-43-30(23)21-36(4)46(41,42)31-14-10-18-45-31/h5-7,10,12-16,18-19,23-25,30,38H,8-9,11,17,20-22H2,1-4H3,(H2,34,35,40)/t23-,24-,25-,30-/m1/s1. The van der Waals surface area contributed by atoms with Gasteiger partial charge in [-0.05, 0) is 74.9 Å². The molecule has 0 saturated carbocycles. The fourth-order valence-electron chi connectivity index (χ4n) is 5.19. The van der Waals surface area contributed by atoms with E-state index in [1.165, 1.54) is 11.4 Å². The fourth-order valence-corrected chi connectivity index (χ4v) is 7.58. The number of likely N-dealkylation sites (N-methyl/N-ethyl adjacent to an activating group) is 1. The molecule has 0 unspecified atom stereocenters. The molecule has 250 valence electrons. The SMILES string of the molecule is C[C@@H]1CCCCO[C@H](CN(C)S(=O)(=O)c2cccs2)[C@H](C)CN([C@H](C)CO)C(=O)c2cc(NC(=O)Nc3ccccc3)ccc2O1. The molecule has 11 nitrogen and oxygen atoms in total. The van der Waals surface area contributed by atoms with Crippen molar-refractivity contribution in [3.05, 3.63) is 71.6 Å². The molecule has 0 radical (unpaired) electrons. The Kier molecular flexibility index (Phi) is 12.6. The highest BCUT2D eigenvalue weighted by molar-refractivity contribution is 7.91. The predicted molar refractivity (Wildman–Crippen MR) is 180 cm³/mol. The number of benzene rings is 2. The minimum Gasteiger partial charge on any atom is -0.490 e. The second-order valence-corrected chi connectivity index (χ2v) is 14.9. The van der Waals surface area contributed by atoms with Crippen molar-refractivity contribution in [3.63, 3.8) is 0 Å². The Morgan fingerprint density at radius 2 is 1.83 bits per heavy atom. The van der Waals surface area contributed by atoms with E-state index < -0.39 is 34.1 Å². The molecule has 0 saturated heterocycles. The highest BCUT2D eigenvalue weighted by Gasteiger charge is 2.32. The van der Waals surface area contributed by atoms with Gasteiger partial charge >= 0.3 is 6.03 Å². The van der Waals surface area contributed by atoms with Crippen molar-refractivity contribution in [1.82, 2.24) is 9.21 Å². The number of amides is 3. The summed E-state index contributed by atoms with van der Waals surface area (Å²) in [6.45, 7) is 6.00. The van der Waals surface area contributed by atoms with Crippen LogP contribution >= 0.6 is 11.3 Å². The van der Waals surface area contributed by atoms with E-state index in [0.29, 0.717) is 30.2 Å². The van der Waals surface area contributed by atoms with Gasteiger partial charge in [0.2, 0.25) is 0 Å². The second kappa shape index (κ2) is 16.4. The number of para-hydroxylation sites is 1. The quantitative estimate of drug-likeness (QED) is 0.287. The van der Waals surface area contributed by atoms with Crippen molar-refractivity contribution in [2.45, 2.75) is 62.5 Å². The molecule has 0 fully saturated rings. The summed E-state index contributed by atoms with van der Waals surface area (Å²) < 4.78 is 40.5. The Morgan fingerprint density at radius 1 is 1.09 bits per heavy atom. The van der Waals surface area contributed by atoms with Crippen molar-refractivity contribution >= 4 is 44.7 Å². The number of carbonyl (C=O) groups excluding carboxylic acids is 2. The molecule has 1 aromatic heterocycles. The van der Waals surface area contributed by atoms with Crippen LogP contribution in [0.1, 0.15) is 50.4 Å². The van der Waals surface area contributed by atoms with Crippen molar-refractivity contribution in [2.24, 2.45) is 5.92 Å². The molecule has 0 aliphatic carbocycles. The third-order valence-electron chi connectivity index (χ3n) is 7.94. The average molecular weight is 673 g/mol. The zero-order valence-electron chi connectivity index (χ0n) is 26.7. The number of rotatable bonds is 8. The summed E-state index contributed by atoms with van der Waals surface area (Å²) >= 11 is 1.16. The Hall–Kier alpha value is -3.49. The van der Waals surface area contributed by atoms with E-state index in [1.54, 1.807) is 59.7 Å². The molecule has 0 spiro atoms. The third kappa shape index (κ3) is 9.29. The van der Waals surface area contributed by atoms with E-state index in [1.807, 2.05) is 32.0 Å². The minimum atomic E-state index is -3.71. The number of nitrogens with zero attached hydrogens (tertiary/aromatic N) is 2. The van der Waals surface area contributed by atoms with Crippen molar-refractivity contribution in [2.75, 3.05) is 44.0 Å². The van der Waals surface area contributed by atoms with Crippen LogP contribution in [0.5, 0.6) is 5.75 Å². The molecule has 4 atom stereocenters. The van der Waals surface area contributed by atoms with E-state index in [0.717, 1.165) is 24.2 Å². The van der Waals surface area contributed by atoms with E-state index in [9.17, 15) is 23.1 Å². The topological polar surface area (TPSA) is 138 Å². The highest BCUT2D eigenvalue weighted by atomic mass is 32.2. The van der Waals surface area contributed by atoms with Gasteiger partial charge in [0.05, 0.1) is 30.4 Å². The average Bonchev–Trinajstić information content (AvgIpc) is 3.59. The van der Waals surface area contributed by atoms with E-state index >= 15 is 0 Å². The number of carbonyl (C=O) groups is 2. The van der Waals surface area contributed by atoms with E-state index in [-0.39, 0.29) is 41.5 Å². The van der Waals surface area contributed by atoms with Gasteiger partial charge in [-0.1, -0.05) is 31.2 Å². The number of fused-ring (bicyclic) bond motifs is 1. The first-order valence-electron chi connectivity index (χ1n) is 15.5. The maximum atomic E-state index is 14.3. The van der Waals surface area contributed by atoms with Gasteiger partial charge in [0, 0.05) is 44.0 Å². The van der Waals surface area contributed by atoms with Crippen LogP contribution in [0.15, 0.2) is 70.3 Å². The van der Waals surface area contributed by atoms with Crippen molar-refractivity contribution in [1.29, 1.82) is 0 Å². The first kappa shape index (κ1) is 35.4. The maximum absolute atomic E-state index is 14.3. The lowest BCUT2D eigenvalue weighted by Crippen LogP contribution is -2.48. The molecular formula is C33H44N4O7S2. The number of anilines is 2. The first-order chi connectivity index (χ1) is 22.0. The Morgan fingerprint density at radius 3 is 2.52 bits per heavy atom. The van der Waals surface area contributed by atoms with Gasteiger partial charge in [-0.25, -0.2) is 13.2 Å². The molecule has 1 aliphatic heterocycles. The lowest BCUT2D eigenvalue weighted by atomic mass is 10.0. The van der Waals surface area contributed by atoms with E-state index in [2.05, 4.69) is 10.6 Å². The number of nitrogens with one attached hydrogen (secondary N) is 2. The maximum Gasteiger partial charge on any atom is 0.323 e. The number of urea groups is 1. The van der Waals surface area contributed by atoms with Gasteiger partial charge in [-0.3, -0.25) is 4.79 Å². The Bertz CT molecular complexity index is 1540. The number of sulfonamides is 1. The van der Waals surface area contributed by atoms with Crippen LogP contribution in [0.2, 0.25) is 0 Å². The lowest BCUT2D eigenvalue weighted by molar-refractivity contribution is -0.00832. The van der Waals surface area contributed by atoms with Crippen molar-refractivity contribution in [3.8, 4) is 5.75 Å². The Labute approximate surface area is 275 Å². The monoisotopic (exact) mass is 672 g/mol. The van der Waals surface area contributed by atoms with E-state index in [4.69, 9.17) is 9.47 Å². The van der Waals surface area contributed by atoms with Gasteiger partial charge in [-0.15, -0.1) is 11.3 Å². The molecule has 0 bridgehead atoms. The molecule has 46 heavy (non-hydrogen) atoms. The van der Waals surface area contributed by atoms with Gasteiger partial charge in [0.15, 0.2) is 0 Å². The molecule has 2 aromatic carbocycles. The number of thiophene rings is 1. The zero-order chi connectivity index (χ0) is 33.3. The van der Waals surface area contributed by atoms with Gasteiger partial charge < -0.3 is 30.1 Å². The largest absolute Gasteiger partial charge is 0.490 e. The fraction of sp³-hybridized carbons (Fsp3) is 0.455. The summed E-state index contributed by atoms with van der Waals surface area (Å²) in [6, 6.07) is 16.2. The molecule has 2 heterocycles. The zero-order valence-corrected chi connectivity index (χ0v) is 28.4. The second-order valence-electron chi connectivity index (χ2n) is 11.7. The number of aliphatic hydroxyl groups excluding tert-OH is 1. The molecule has 3 aromatic rings. The van der Waals surface area contributed by atoms with Crippen LogP contribution in [-0.2, 0) is 14.8 Å². The lowest BCUT2D eigenvalue weighted by Gasteiger charge is -2.35. The molecule has 1 aliphatic rings. The normalized spacial score (nSPS) is 20.7. The van der Waals surface area contributed by atoms with Gasteiger partial charge in [-0.2, -0.15) is 4.31 Å². The van der Waals surface area contributed by atoms with Crippen LogP contribution in [0.25, 0.3) is 0 Å². The molecular weight excluding hydrogens is 629 g/mol. The predicted octanol–water partition coefficient (Wildman–Crippen LogP) is 5.51. The van der Waals surface area contributed by atoms with Crippen LogP contribution < -0.4 is 15.4 Å². The molecule has 4 rings (SSSR count). The summed E-state index contributed by atoms with van der Waals surface area (Å²) in [4.78, 5) is 28.6. The smallest absolute Gasteiger partial charge is 0.323 e. The van der Waals surface area contributed by atoms with Crippen LogP contribution in [0.4, 0.5) is 16.2 Å². The van der Waals surface area contributed by atoms with Gasteiger partial charge in [0.1, 0.15) is 9.96 Å². The highest BCUT2D eigenvalue weighted by Crippen LogP contribution is 2.29. The van der Waals surface area contributed by atoms with Crippen LogP contribution in [-0.4, -0.2) is 86.3 Å². The Balaban J connectivity index is 1.62.